The first-order chi connectivity index (χ1) is 5.79. The molecule has 1 aromatic rings. The highest BCUT2D eigenvalue weighted by molar-refractivity contribution is 7.99. The maximum atomic E-state index is 9.53. The summed E-state index contributed by atoms with van der Waals surface area (Å²) in [5.74, 6) is 0.757. The van der Waals surface area contributed by atoms with Crippen molar-refractivity contribution in [2.75, 3.05) is 17.7 Å². The zero-order valence-electron chi connectivity index (χ0n) is 6.90. The molecule has 1 aromatic carbocycles. The highest BCUT2D eigenvalue weighted by Gasteiger charge is 2.20. The third-order valence-corrected chi connectivity index (χ3v) is 3.20. The van der Waals surface area contributed by atoms with Gasteiger partial charge in [-0.1, -0.05) is 12.1 Å². The van der Waals surface area contributed by atoms with Crippen molar-refractivity contribution in [1.82, 2.24) is 0 Å². The Morgan fingerprint density at radius 1 is 1.50 bits per heavy atom. The van der Waals surface area contributed by atoms with E-state index in [1.165, 1.54) is 4.90 Å². The molecule has 0 amide bonds. The molecule has 0 aliphatic carbocycles. The molecule has 64 valence electrons. The van der Waals surface area contributed by atoms with Gasteiger partial charge in [-0.05, 0) is 12.1 Å². The van der Waals surface area contributed by atoms with Crippen LogP contribution in [0.25, 0.3) is 0 Å². The van der Waals surface area contributed by atoms with Gasteiger partial charge in [-0.15, -0.1) is 11.8 Å². The minimum atomic E-state index is -0.343. The maximum absolute atomic E-state index is 9.53. The van der Waals surface area contributed by atoms with E-state index in [1.54, 1.807) is 11.8 Å². The largest absolute Gasteiger partial charge is 0.373 e. The third kappa shape index (κ3) is 1.19. The fourth-order valence-corrected chi connectivity index (χ4v) is 2.39. The lowest BCUT2D eigenvalue weighted by atomic mass is 10.3. The summed E-state index contributed by atoms with van der Waals surface area (Å²) in [6, 6.07) is 8.14. The third-order valence-electron chi connectivity index (χ3n) is 2.08. The normalized spacial score (nSPS) is 22.2. The Labute approximate surface area is 76.2 Å². The first kappa shape index (κ1) is 7.95. The summed E-state index contributed by atoms with van der Waals surface area (Å²) < 4.78 is 0. The number of hydrogen-bond donors (Lipinski definition) is 1. The Kier molecular flexibility index (Phi) is 1.98. The fraction of sp³-hybridized carbons (Fsp3) is 0.333. The number of aliphatic hydroxyl groups excluding tert-OH is 1. The molecule has 12 heavy (non-hydrogen) atoms. The molecule has 1 aliphatic rings. The van der Waals surface area contributed by atoms with Crippen LogP contribution in [0.4, 0.5) is 5.69 Å². The van der Waals surface area contributed by atoms with Crippen molar-refractivity contribution in [3.63, 3.8) is 0 Å². The van der Waals surface area contributed by atoms with Crippen LogP contribution in [-0.4, -0.2) is 24.1 Å². The van der Waals surface area contributed by atoms with Crippen molar-refractivity contribution in [2.45, 2.75) is 11.1 Å². The predicted molar refractivity (Wildman–Crippen MR) is 51.6 cm³/mol. The number of hydrogen-bond acceptors (Lipinski definition) is 3. The van der Waals surface area contributed by atoms with Gasteiger partial charge in [0.1, 0.15) is 6.23 Å². The molecule has 0 bridgehead atoms. The van der Waals surface area contributed by atoms with Crippen LogP contribution in [0.1, 0.15) is 0 Å². The highest BCUT2D eigenvalue weighted by atomic mass is 32.2. The number of nitrogens with zero attached hydrogens (tertiary/aromatic N) is 1. The number of benzene rings is 1. The van der Waals surface area contributed by atoms with Gasteiger partial charge >= 0.3 is 0 Å². The molecular weight excluding hydrogens is 170 g/mol. The molecule has 1 unspecified atom stereocenters. The summed E-state index contributed by atoms with van der Waals surface area (Å²) in [6.07, 6.45) is -0.343. The van der Waals surface area contributed by atoms with E-state index in [2.05, 4.69) is 6.07 Å². The van der Waals surface area contributed by atoms with Crippen LogP contribution in [0, 0.1) is 0 Å². The second-order valence-corrected chi connectivity index (χ2v) is 3.93. The molecule has 1 N–H and O–H groups in total. The Hall–Kier alpha value is -0.670. The van der Waals surface area contributed by atoms with Crippen molar-refractivity contribution in [3.8, 4) is 0 Å². The highest BCUT2D eigenvalue weighted by Crippen LogP contribution is 2.35. The quantitative estimate of drug-likeness (QED) is 0.657. The molecule has 0 saturated carbocycles. The van der Waals surface area contributed by atoms with E-state index in [9.17, 15) is 5.11 Å². The Balaban J connectivity index is 2.42. The van der Waals surface area contributed by atoms with Crippen molar-refractivity contribution in [3.05, 3.63) is 24.3 Å². The van der Waals surface area contributed by atoms with E-state index < -0.39 is 0 Å². The summed E-state index contributed by atoms with van der Waals surface area (Å²) in [6.45, 7) is 0. The summed E-state index contributed by atoms with van der Waals surface area (Å²) >= 11 is 1.71. The molecule has 2 nitrogen and oxygen atoms in total. The Bertz CT molecular complexity index is 290. The zero-order chi connectivity index (χ0) is 8.55. The van der Waals surface area contributed by atoms with Crippen LogP contribution in [0.15, 0.2) is 29.2 Å². The van der Waals surface area contributed by atoms with Crippen molar-refractivity contribution in [2.24, 2.45) is 0 Å². The van der Waals surface area contributed by atoms with Crippen molar-refractivity contribution in [1.29, 1.82) is 0 Å². The van der Waals surface area contributed by atoms with E-state index in [0.717, 1.165) is 11.4 Å². The van der Waals surface area contributed by atoms with Gasteiger partial charge in [0.15, 0.2) is 0 Å². The Morgan fingerprint density at radius 2 is 2.25 bits per heavy atom. The molecular formula is C9H11NOS. The van der Waals surface area contributed by atoms with Crippen LogP contribution in [-0.2, 0) is 0 Å². The summed E-state index contributed by atoms with van der Waals surface area (Å²) in [7, 11) is 1.92. The maximum Gasteiger partial charge on any atom is 0.136 e. The van der Waals surface area contributed by atoms with E-state index in [4.69, 9.17) is 0 Å². The molecule has 0 aromatic heterocycles. The van der Waals surface area contributed by atoms with Crippen molar-refractivity contribution >= 4 is 17.4 Å². The molecule has 1 aliphatic heterocycles. The fourth-order valence-electron chi connectivity index (χ4n) is 1.31. The molecule has 0 saturated heterocycles. The van der Waals surface area contributed by atoms with E-state index in [-0.39, 0.29) is 6.23 Å². The molecule has 0 radical (unpaired) electrons. The van der Waals surface area contributed by atoms with Gasteiger partial charge in [-0.25, -0.2) is 0 Å². The van der Waals surface area contributed by atoms with Crippen LogP contribution < -0.4 is 4.90 Å². The van der Waals surface area contributed by atoms with E-state index in [0.29, 0.717) is 0 Å². The molecule has 2 rings (SSSR count). The molecule has 3 heteroatoms. The standard InChI is InChI=1S/C9H11NOS/c1-10-7-4-2-3-5-8(7)12-6-9(10)11/h2-5,9,11H,6H2,1H3. The first-order valence-electron chi connectivity index (χ1n) is 3.92. The minimum Gasteiger partial charge on any atom is -0.373 e. The lowest BCUT2D eigenvalue weighted by Crippen LogP contribution is -2.36. The molecule has 1 heterocycles. The first-order valence-corrected chi connectivity index (χ1v) is 4.90. The molecule has 1 atom stereocenters. The van der Waals surface area contributed by atoms with Gasteiger partial charge in [-0.3, -0.25) is 0 Å². The van der Waals surface area contributed by atoms with Gasteiger partial charge in [-0.2, -0.15) is 0 Å². The number of para-hydroxylation sites is 1. The monoisotopic (exact) mass is 181 g/mol. The zero-order valence-corrected chi connectivity index (χ0v) is 7.71. The van der Waals surface area contributed by atoms with Gasteiger partial charge in [0.2, 0.25) is 0 Å². The van der Waals surface area contributed by atoms with Gasteiger partial charge in [0, 0.05) is 17.7 Å². The topological polar surface area (TPSA) is 23.5 Å². The van der Waals surface area contributed by atoms with Crippen LogP contribution in [0.5, 0.6) is 0 Å². The second kappa shape index (κ2) is 2.99. The summed E-state index contributed by atoms with van der Waals surface area (Å²) in [5, 5.41) is 9.53. The number of anilines is 1. The summed E-state index contributed by atoms with van der Waals surface area (Å²) in [5.41, 5.74) is 1.13. The average Bonchev–Trinajstić information content (AvgIpc) is 2.12. The second-order valence-electron chi connectivity index (χ2n) is 2.87. The average molecular weight is 181 g/mol. The van der Waals surface area contributed by atoms with Crippen molar-refractivity contribution < 1.29 is 5.11 Å². The van der Waals surface area contributed by atoms with Crippen LogP contribution in [0.2, 0.25) is 0 Å². The number of rotatable bonds is 0. The predicted octanol–water partition coefficient (Wildman–Crippen LogP) is 1.55. The van der Waals surface area contributed by atoms with E-state index >= 15 is 0 Å². The SMILES string of the molecule is CN1c2ccccc2SCC1O. The van der Waals surface area contributed by atoms with Gasteiger partial charge in [0.05, 0.1) is 5.69 Å². The van der Waals surface area contributed by atoms with E-state index in [1.807, 2.05) is 30.1 Å². The number of aliphatic hydroxyl groups is 1. The lowest BCUT2D eigenvalue weighted by molar-refractivity contribution is 0.197. The van der Waals surface area contributed by atoms with Gasteiger partial charge < -0.3 is 10.0 Å². The number of thioether (sulfide) groups is 1. The summed E-state index contributed by atoms with van der Waals surface area (Å²) in [4.78, 5) is 3.16. The van der Waals surface area contributed by atoms with Crippen LogP contribution in [0.3, 0.4) is 0 Å². The lowest BCUT2D eigenvalue weighted by Gasteiger charge is -2.31. The molecule has 0 spiro atoms. The smallest absolute Gasteiger partial charge is 0.136 e. The molecule has 0 fully saturated rings. The van der Waals surface area contributed by atoms with Crippen LogP contribution >= 0.6 is 11.8 Å². The van der Waals surface area contributed by atoms with Gasteiger partial charge in [0.25, 0.3) is 0 Å². The Morgan fingerprint density at radius 3 is 3.08 bits per heavy atom. The number of fused-ring (bicyclic) bond motifs is 1. The minimum absolute atomic E-state index is 0.343.